The number of aromatic nitrogens is 1. The molecule has 1 aromatic carbocycles. The molecule has 0 saturated carbocycles. The van der Waals surface area contributed by atoms with E-state index < -0.39 is 0 Å². The highest BCUT2D eigenvalue weighted by Crippen LogP contribution is 2.32. The van der Waals surface area contributed by atoms with E-state index in [4.69, 9.17) is 0 Å². The smallest absolute Gasteiger partial charge is 0.0346 e. The molecule has 0 aliphatic carbocycles. The molecule has 22 heavy (non-hydrogen) atoms. The molecular weight excluding hydrogens is 266 g/mol. The van der Waals surface area contributed by atoms with Gasteiger partial charge in [-0.3, -0.25) is 4.98 Å². The van der Waals surface area contributed by atoms with Gasteiger partial charge in [-0.25, -0.2) is 0 Å². The molecule has 0 unspecified atom stereocenters. The molecule has 0 aliphatic rings. The molecule has 0 saturated heterocycles. The summed E-state index contributed by atoms with van der Waals surface area (Å²) in [4.78, 5) is 4.24. The summed E-state index contributed by atoms with van der Waals surface area (Å²) in [6.45, 7) is 14.5. The molecule has 0 bridgehead atoms. The van der Waals surface area contributed by atoms with Crippen LogP contribution in [-0.4, -0.2) is 4.98 Å². The molecule has 0 amide bonds. The predicted molar refractivity (Wildman–Crippen MR) is 96.6 cm³/mol. The Morgan fingerprint density at radius 1 is 1.18 bits per heavy atom. The lowest BCUT2D eigenvalue weighted by Gasteiger charge is -2.14. The lowest BCUT2D eigenvalue weighted by atomic mass is 9.91. The SMILES string of the molecule is C=C(C)C/C=C(/C)C(=C)c1ccc(C)cc1-c1cccnc1. The summed E-state index contributed by atoms with van der Waals surface area (Å²) in [5.41, 5.74) is 8.10. The third-order valence-corrected chi connectivity index (χ3v) is 3.71. The third kappa shape index (κ3) is 3.82. The minimum atomic E-state index is 0.888. The second kappa shape index (κ2) is 7.04. The number of rotatable bonds is 5. The van der Waals surface area contributed by atoms with Crippen LogP contribution in [0.4, 0.5) is 0 Å². The monoisotopic (exact) mass is 289 g/mol. The Morgan fingerprint density at radius 2 is 1.95 bits per heavy atom. The minimum Gasteiger partial charge on any atom is -0.264 e. The van der Waals surface area contributed by atoms with Gasteiger partial charge in [0.25, 0.3) is 0 Å². The van der Waals surface area contributed by atoms with Crippen LogP contribution in [0.25, 0.3) is 16.7 Å². The van der Waals surface area contributed by atoms with E-state index in [1.807, 2.05) is 19.2 Å². The van der Waals surface area contributed by atoms with E-state index in [-0.39, 0.29) is 0 Å². The largest absolute Gasteiger partial charge is 0.264 e. The molecule has 0 radical (unpaired) electrons. The fourth-order valence-corrected chi connectivity index (χ4v) is 2.35. The van der Waals surface area contributed by atoms with Gasteiger partial charge in [0.05, 0.1) is 0 Å². The van der Waals surface area contributed by atoms with Crippen LogP contribution < -0.4 is 0 Å². The molecule has 1 aromatic heterocycles. The second-order valence-corrected chi connectivity index (χ2v) is 5.82. The van der Waals surface area contributed by atoms with Gasteiger partial charge in [0.15, 0.2) is 0 Å². The Labute approximate surface area is 133 Å². The summed E-state index contributed by atoms with van der Waals surface area (Å²) in [5.74, 6) is 0. The zero-order chi connectivity index (χ0) is 16.1. The Balaban J connectivity index is 2.45. The van der Waals surface area contributed by atoms with Crippen molar-refractivity contribution >= 4 is 5.57 Å². The Hall–Kier alpha value is -2.41. The fraction of sp³-hybridized carbons (Fsp3) is 0.190. The van der Waals surface area contributed by atoms with Gasteiger partial charge in [-0.05, 0) is 55.5 Å². The van der Waals surface area contributed by atoms with E-state index in [2.05, 4.69) is 62.3 Å². The van der Waals surface area contributed by atoms with Crippen molar-refractivity contribution in [2.24, 2.45) is 0 Å². The maximum atomic E-state index is 4.30. The molecule has 0 aliphatic heterocycles. The van der Waals surface area contributed by atoms with Crippen LogP contribution in [0.3, 0.4) is 0 Å². The summed E-state index contributed by atoms with van der Waals surface area (Å²) in [7, 11) is 0. The van der Waals surface area contributed by atoms with Gasteiger partial charge in [-0.15, -0.1) is 0 Å². The number of aryl methyl sites for hydroxylation is 1. The quantitative estimate of drug-likeness (QED) is 0.487. The lowest BCUT2D eigenvalue weighted by molar-refractivity contribution is 1.21. The first-order chi connectivity index (χ1) is 10.5. The van der Waals surface area contributed by atoms with Crippen LogP contribution in [0.15, 0.2) is 73.1 Å². The van der Waals surface area contributed by atoms with E-state index in [1.54, 1.807) is 6.20 Å². The number of allylic oxidation sites excluding steroid dienone is 4. The molecule has 2 aromatic rings. The Bertz CT molecular complexity index is 721. The highest BCUT2D eigenvalue weighted by molar-refractivity contribution is 5.87. The van der Waals surface area contributed by atoms with Gasteiger partial charge in [0.2, 0.25) is 0 Å². The van der Waals surface area contributed by atoms with Gasteiger partial charge in [0, 0.05) is 18.0 Å². The van der Waals surface area contributed by atoms with E-state index in [9.17, 15) is 0 Å². The minimum absolute atomic E-state index is 0.888. The van der Waals surface area contributed by atoms with Crippen LogP contribution >= 0.6 is 0 Å². The van der Waals surface area contributed by atoms with E-state index >= 15 is 0 Å². The summed E-state index contributed by atoms with van der Waals surface area (Å²) < 4.78 is 0. The van der Waals surface area contributed by atoms with Crippen molar-refractivity contribution in [1.82, 2.24) is 4.98 Å². The fourth-order valence-electron chi connectivity index (χ4n) is 2.35. The molecule has 1 heteroatoms. The highest BCUT2D eigenvalue weighted by Gasteiger charge is 2.10. The third-order valence-electron chi connectivity index (χ3n) is 3.71. The molecule has 0 N–H and O–H groups in total. The van der Waals surface area contributed by atoms with Crippen molar-refractivity contribution in [3.63, 3.8) is 0 Å². The number of nitrogens with zero attached hydrogens (tertiary/aromatic N) is 1. The molecule has 1 nitrogen and oxygen atoms in total. The van der Waals surface area contributed by atoms with Crippen molar-refractivity contribution in [2.45, 2.75) is 27.2 Å². The molecule has 1 heterocycles. The van der Waals surface area contributed by atoms with Crippen molar-refractivity contribution in [3.8, 4) is 11.1 Å². The zero-order valence-corrected chi connectivity index (χ0v) is 13.7. The van der Waals surface area contributed by atoms with Gasteiger partial charge in [-0.1, -0.05) is 54.6 Å². The van der Waals surface area contributed by atoms with Gasteiger partial charge >= 0.3 is 0 Å². The topological polar surface area (TPSA) is 12.9 Å². The maximum absolute atomic E-state index is 4.30. The average Bonchev–Trinajstić information content (AvgIpc) is 2.52. The standard InChI is InChI=1S/C21H23N/c1-15(2)8-10-17(4)18(5)20-11-9-16(3)13-21(20)19-7-6-12-22-14-19/h6-7,9-14H,1,5,8H2,2-4H3/b17-10-. The number of benzene rings is 1. The average molecular weight is 289 g/mol. The van der Waals surface area contributed by atoms with Crippen molar-refractivity contribution in [2.75, 3.05) is 0 Å². The van der Waals surface area contributed by atoms with Crippen LogP contribution in [0.1, 0.15) is 31.4 Å². The molecular formula is C21H23N. The van der Waals surface area contributed by atoms with Gasteiger partial charge in [-0.2, -0.15) is 0 Å². The first-order valence-corrected chi connectivity index (χ1v) is 7.51. The van der Waals surface area contributed by atoms with E-state index in [0.29, 0.717) is 0 Å². The van der Waals surface area contributed by atoms with Gasteiger partial charge < -0.3 is 0 Å². The van der Waals surface area contributed by atoms with Crippen LogP contribution in [-0.2, 0) is 0 Å². The maximum Gasteiger partial charge on any atom is 0.0346 e. The first-order valence-electron chi connectivity index (χ1n) is 7.51. The second-order valence-electron chi connectivity index (χ2n) is 5.82. The zero-order valence-electron chi connectivity index (χ0n) is 13.7. The van der Waals surface area contributed by atoms with E-state index in [1.165, 1.54) is 16.7 Å². The molecule has 0 fully saturated rings. The van der Waals surface area contributed by atoms with E-state index in [0.717, 1.165) is 28.7 Å². The van der Waals surface area contributed by atoms with Crippen molar-refractivity contribution < 1.29 is 0 Å². The number of pyridine rings is 1. The summed E-state index contributed by atoms with van der Waals surface area (Å²) >= 11 is 0. The van der Waals surface area contributed by atoms with Crippen LogP contribution in [0.2, 0.25) is 0 Å². The summed E-state index contributed by atoms with van der Waals surface area (Å²) in [6, 6.07) is 10.5. The van der Waals surface area contributed by atoms with Crippen molar-refractivity contribution in [3.05, 3.63) is 84.2 Å². The summed E-state index contributed by atoms with van der Waals surface area (Å²) in [6.07, 6.45) is 6.78. The van der Waals surface area contributed by atoms with Gasteiger partial charge in [0.1, 0.15) is 0 Å². The van der Waals surface area contributed by atoms with Crippen molar-refractivity contribution in [1.29, 1.82) is 0 Å². The molecule has 0 atom stereocenters. The molecule has 112 valence electrons. The Kier molecular flexibility index (Phi) is 5.11. The molecule has 2 rings (SSSR count). The highest BCUT2D eigenvalue weighted by atomic mass is 14.6. The predicted octanol–water partition coefficient (Wildman–Crippen LogP) is 5.98. The van der Waals surface area contributed by atoms with Crippen LogP contribution in [0.5, 0.6) is 0 Å². The summed E-state index contributed by atoms with van der Waals surface area (Å²) in [5, 5.41) is 0. The molecule has 0 spiro atoms. The normalized spacial score (nSPS) is 11.3. The number of hydrogen-bond donors (Lipinski definition) is 0. The number of hydrogen-bond acceptors (Lipinski definition) is 1. The lowest BCUT2D eigenvalue weighted by Crippen LogP contribution is -1.92. The first kappa shape index (κ1) is 16.0. The Morgan fingerprint density at radius 3 is 2.59 bits per heavy atom. The van der Waals surface area contributed by atoms with Crippen LogP contribution in [0, 0.1) is 6.92 Å².